The van der Waals surface area contributed by atoms with Crippen LogP contribution in [0.5, 0.6) is 5.75 Å². The van der Waals surface area contributed by atoms with Crippen LogP contribution in [0.1, 0.15) is 50.3 Å². The van der Waals surface area contributed by atoms with E-state index in [1.54, 1.807) is 29.2 Å². The molecule has 37 heavy (non-hydrogen) atoms. The van der Waals surface area contributed by atoms with Gasteiger partial charge in [-0.3, -0.25) is 9.69 Å². The van der Waals surface area contributed by atoms with Crippen LogP contribution in [0.2, 0.25) is 0 Å². The smallest absolute Gasteiger partial charge is 0.419 e. The van der Waals surface area contributed by atoms with E-state index in [1.807, 2.05) is 0 Å². The van der Waals surface area contributed by atoms with Gasteiger partial charge >= 0.3 is 6.18 Å². The lowest BCUT2D eigenvalue weighted by Crippen LogP contribution is -2.55. The lowest BCUT2D eigenvalue weighted by Gasteiger charge is -2.43. The molecule has 11 heteroatoms. The maximum Gasteiger partial charge on any atom is 0.419 e. The summed E-state index contributed by atoms with van der Waals surface area (Å²) in [6.45, 7) is 6.07. The molecule has 1 amide bonds. The van der Waals surface area contributed by atoms with E-state index in [4.69, 9.17) is 22.2 Å². The van der Waals surface area contributed by atoms with Crippen LogP contribution in [-0.2, 0) is 11.0 Å². The number of anilines is 2. The van der Waals surface area contributed by atoms with Gasteiger partial charge in [-0.25, -0.2) is 4.98 Å². The molecule has 3 fully saturated rings. The number of carbonyl (C=O) groups excluding carboxylic acids is 1. The van der Waals surface area contributed by atoms with Gasteiger partial charge in [-0.1, -0.05) is 6.58 Å². The largest absolute Gasteiger partial charge is 0.490 e. The lowest BCUT2D eigenvalue weighted by molar-refractivity contribution is -0.138. The van der Waals surface area contributed by atoms with Gasteiger partial charge in [0.1, 0.15) is 23.5 Å². The molecule has 1 aromatic carbocycles. The molecule has 1 aromatic heterocycles. The summed E-state index contributed by atoms with van der Waals surface area (Å²) in [7, 11) is 0. The topological polar surface area (TPSA) is 81.5 Å². The van der Waals surface area contributed by atoms with Gasteiger partial charge in [-0.05, 0) is 68.7 Å². The van der Waals surface area contributed by atoms with Crippen LogP contribution < -0.4 is 19.9 Å². The van der Waals surface area contributed by atoms with E-state index in [0.29, 0.717) is 30.7 Å². The van der Waals surface area contributed by atoms with Crippen molar-refractivity contribution < 1.29 is 22.7 Å². The van der Waals surface area contributed by atoms with Crippen molar-refractivity contribution in [1.29, 1.82) is 5.26 Å². The molecule has 2 aromatic rings. The Morgan fingerprint density at radius 2 is 1.97 bits per heavy atom. The number of alkyl halides is 3. The first-order valence-corrected chi connectivity index (χ1v) is 12.3. The zero-order chi connectivity index (χ0) is 26.5. The molecule has 3 heterocycles. The first kappa shape index (κ1) is 25.0. The number of nitrogens with one attached hydrogen (secondary N) is 1. The number of amides is 1. The Morgan fingerprint density at radius 1 is 1.27 bits per heavy atom. The van der Waals surface area contributed by atoms with Crippen molar-refractivity contribution in [3.63, 3.8) is 0 Å². The Labute approximate surface area is 217 Å². The molecule has 1 unspecified atom stereocenters. The van der Waals surface area contributed by atoms with Crippen molar-refractivity contribution in [3.05, 3.63) is 60.1 Å². The fourth-order valence-corrected chi connectivity index (χ4v) is 5.73. The Bertz CT molecular complexity index is 1320. The molecule has 192 valence electrons. The van der Waals surface area contributed by atoms with Crippen LogP contribution in [-0.4, -0.2) is 33.7 Å². The molecule has 1 aliphatic carbocycles. The second-order valence-corrected chi connectivity index (χ2v) is 10.0. The van der Waals surface area contributed by atoms with Crippen molar-refractivity contribution >= 4 is 34.6 Å². The van der Waals surface area contributed by atoms with Crippen LogP contribution in [0.25, 0.3) is 0 Å². The Balaban J connectivity index is 1.44. The summed E-state index contributed by atoms with van der Waals surface area (Å²) < 4.78 is 46.8. The zero-order valence-corrected chi connectivity index (χ0v) is 20.8. The second-order valence-electron chi connectivity index (χ2n) is 9.67. The van der Waals surface area contributed by atoms with E-state index < -0.39 is 28.9 Å². The van der Waals surface area contributed by atoms with Gasteiger partial charge in [0, 0.05) is 30.3 Å². The third kappa shape index (κ3) is 4.29. The number of ether oxygens (including phenoxy) is 1. The molecule has 0 radical (unpaired) electrons. The number of nitriles is 1. The molecule has 2 saturated heterocycles. The summed E-state index contributed by atoms with van der Waals surface area (Å²) >= 11 is 5.65. The SMILES string of the molecule is C=C1C[C@H](Oc2ccc(N3C(=S)N(c4cnc(C#N)c(C(F)(F)F)c4)C(=O)C34CCC4)cc2)CC(C)N1. The molecule has 0 bridgehead atoms. The highest BCUT2D eigenvalue weighted by Crippen LogP contribution is 2.48. The third-order valence-electron chi connectivity index (χ3n) is 7.07. The number of pyridine rings is 1. The molecule has 3 aliphatic rings. The number of nitrogens with zero attached hydrogens (tertiary/aromatic N) is 4. The first-order chi connectivity index (χ1) is 17.5. The molecule has 1 spiro atoms. The summed E-state index contributed by atoms with van der Waals surface area (Å²) in [6, 6.07) is 9.69. The third-order valence-corrected chi connectivity index (χ3v) is 7.44. The molecule has 1 saturated carbocycles. The highest BCUT2D eigenvalue weighted by Gasteiger charge is 2.59. The average Bonchev–Trinajstić information content (AvgIpc) is 3.04. The fourth-order valence-electron chi connectivity index (χ4n) is 5.26. The van der Waals surface area contributed by atoms with Crippen LogP contribution in [0.3, 0.4) is 0 Å². The minimum absolute atomic E-state index is 0.00998. The normalized spacial score (nSPS) is 23.1. The lowest BCUT2D eigenvalue weighted by atomic mass is 9.75. The highest BCUT2D eigenvalue weighted by atomic mass is 32.1. The van der Waals surface area contributed by atoms with Gasteiger partial charge < -0.3 is 15.0 Å². The van der Waals surface area contributed by atoms with Gasteiger partial charge in [0.2, 0.25) is 0 Å². The number of aromatic nitrogens is 1. The zero-order valence-electron chi connectivity index (χ0n) is 20.0. The van der Waals surface area contributed by atoms with Crippen LogP contribution in [0.4, 0.5) is 24.5 Å². The van der Waals surface area contributed by atoms with Crippen molar-refractivity contribution in [2.75, 3.05) is 9.80 Å². The number of benzene rings is 1. The molecule has 2 aliphatic heterocycles. The Hall–Kier alpha value is -3.65. The van der Waals surface area contributed by atoms with Crippen molar-refractivity contribution in [1.82, 2.24) is 10.3 Å². The van der Waals surface area contributed by atoms with Crippen molar-refractivity contribution in [3.8, 4) is 11.8 Å². The summed E-state index contributed by atoms with van der Waals surface area (Å²) in [5, 5.41) is 12.4. The molecule has 5 rings (SSSR count). The summed E-state index contributed by atoms with van der Waals surface area (Å²) in [5.74, 6) is 0.267. The van der Waals surface area contributed by atoms with E-state index in [2.05, 4.69) is 23.8 Å². The molecular formula is C26H24F3N5O2S. The number of hydrogen-bond donors (Lipinski definition) is 1. The maximum atomic E-state index is 13.6. The average molecular weight is 528 g/mol. The monoisotopic (exact) mass is 527 g/mol. The van der Waals surface area contributed by atoms with Crippen LogP contribution in [0, 0.1) is 11.3 Å². The second kappa shape index (κ2) is 9.03. The van der Waals surface area contributed by atoms with E-state index in [-0.39, 0.29) is 22.9 Å². The van der Waals surface area contributed by atoms with Gasteiger partial charge in [-0.15, -0.1) is 0 Å². The van der Waals surface area contributed by atoms with E-state index in [0.717, 1.165) is 35.7 Å². The number of halogens is 3. The number of carbonyl (C=O) groups is 1. The van der Waals surface area contributed by atoms with Gasteiger partial charge in [0.15, 0.2) is 10.8 Å². The van der Waals surface area contributed by atoms with E-state index in [9.17, 15) is 18.0 Å². The highest BCUT2D eigenvalue weighted by molar-refractivity contribution is 7.81. The van der Waals surface area contributed by atoms with Gasteiger partial charge in [0.25, 0.3) is 5.91 Å². The number of thiocarbonyl (C=S) groups is 1. The van der Waals surface area contributed by atoms with Crippen molar-refractivity contribution in [2.45, 2.75) is 62.9 Å². The standard InChI is InChI=1S/C26H24F3N5O2S/c1-15-10-20(11-16(2)32-15)36-19-6-4-17(5-7-19)34-24(37)33(23(35)25(34)8-3-9-25)18-12-21(26(27,28)29)22(13-30)31-14-18/h4-7,12,14,16,20,32H,1,3,8-11H2,2H3/t16?,20-/m0/s1. The predicted octanol–water partition coefficient (Wildman–Crippen LogP) is 5.07. The van der Waals surface area contributed by atoms with Crippen molar-refractivity contribution in [2.24, 2.45) is 0 Å². The quantitative estimate of drug-likeness (QED) is 0.557. The number of hydrogen-bond acceptors (Lipinski definition) is 6. The van der Waals surface area contributed by atoms with E-state index in [1.165, 1.54) is 6.07 Å². The molecule has 7 nitrogen and oxygen atoms in total. The summed E-state index contributed by atoms with van der Waals surface area (Å²) in [5.41, 5.74) is -1.47. The maximum absolute atomic E-state index is 13.6. The van der Waals surface area contributed by atoms with Crippen LogP contribution >= 0.6 is 12.2 Å². The first-order valence-electron chi connectivity index (χ1n) is 11.9. The fraction of sp³-hybridized carbons (Fsp3) is 0.385. The Kier molecular flexibility index (Phi) is 6.10. The van der Waals surface area contributed by atoms with E-state index >= 15 is 0 Å². The van der Waals surface area contributed by atoms with Gasteiger partial charge in [0.05, 0.1) is 17.4 Å². The molecule has 1 N–H and O–H groups in total. The molecule has 2 atom stereocenters. The van der Waals surface area contributed by atoms with Gasteiger partial charge in [-0.2, -0.15) is 18.4 Å². The predicted molar refractivity (Wildman–Crippen MR) is 135 cm³/mol. The molecular weight excluding hydrogens is 503 g/mol. The minimum Gasteiger partial charge on any atom is -0.490 e. The number of piperidine rings is 1. The summed E-state index contributed by atoms with van der Waals surface area (Å²) in [4.78, 5) is 20.1. The Morgan fingerprint density at radius 3 is 2.54 bits per heavy atom. The minimum atomic E-state index is -4.80. The summed E-state index contributed by atoms with van der Waals surface area (Å²) in [6.07, 6.45) is -0.368. The number of rotatable bonds is 4. The van der Waals surface area contributed by atoms with Crippen LogP contribution in [0.15, 0.2) is 48.8 Å².